The lowest BCUT2D eigenvalue weighted by atomic mass is 10.1. The van der Waals surface area contributed by atoms with Crippen molar-refractivity contribution >= 4 is 17.3 Å². The van der Waals surface area contributed by atoms with Gasteiger partial charge in [0.2, 0.25) is 0 Å². The molecule has 0 saturated heterocycles. The van der Waals surface area contributed by atoms with Gasteiger partial charge in [0.25, 0.3) is 5.91 Å². The van der Waals surface area contributed by atoms with E-state index in [1.54, 1.807) is 18.2 Å². The summed E-state index contributed by atoms with van der Waals surface area (Å²) in [7, 11) is 0. The molecule has 2 rings (SSSR count). The molecular weight excluding hydrogens is 262 g/mol. The predicted octanol–water partition coefficient (Wildman–Crippen LogP) is 3.36. The van der Waals surface area contributed by atoms with Crippen LogP contribution in [0.25, 0.3) is 0 Å². The van der Waals surface area contributed by atoms with E-state index >= 15 is 0 Å². The maximum absolute atomic E-state index is 13.7. The van der Waals surface area contributed by atoms with Gasteiger partial charge in [-0.1, -0.05) is 19.1 Å². The van der Waals surface area contributed by atoms with E-state index in [1.165, 1.54) is 0 Å². The molecule has 104 valence electrons. The van der Waals surface area contributed by atoms with Crippen LogP contribution in [0.3, 0.4) is 0 Å². The van der Waals surface area contributed by atoms with Gasteiger partial charge in [0.15, 0.2) is 5.82 Å². The number of nitrogen functional groups attached to an aromatic ring is 1. The van der Waals surface area contributed by atoms with Crippen LogP contribution in [0.5, 0.6) is 0 Å². The van der Waals surface area contributed by atoms with Gasteiger partial charge in [0.1, 0.15) is 11.4 Å². The fourth-order valence-corrected chi connectivity index (χ4v) is 1.84. The summed E-state index contributed by atoms with van der Waals surface area (Å²) >= 11 is 0. The van der Waals surface area contributed by atoms with Gasteiger partial charge in [0, 0.05) is 5.69 Å². The number of nitrogens with two attached hydrogens (primary N) is 1. The van der Waals surface area contributed by atoms with Crippen molar-refractivity contribution in [3.63, 3.8) is 0 Å². The van der Waals surface area contributed by atoms with E-state index in [-0.39, 0.29) is 5.69 Å². The normalized spacial score (nSPS) is 10.3. The highest BCUT2D eigenvalue weighted by Gasteiger charge is 2.19. The number of anilines is 2. The monoisotopic (exact) mass is 276 g/mol. The van der Waals surface area contributed by atoms with Crippen molar-refractivity contribution in [1.29, 1.82) is 0 Å². The van der Waals surface area contributed by atoms with Crippen molar-refractivity contribution in [2.24, 2.45) is 0 Å². The van der Waals surface area contributed by atoms with Gasteiger partial charge in [-0.05, 0) is 36.2 Å². The molecule has 0 aliphatic carbocycles. The van der Waals surface area contributed by atoms with E-state index in [1.807, 2.05) is 13.0 Å². The van der Waals surface area contributed by atoms with Gasteiger partial charge in [-0.2, -0.15) is 0 Å². The molecular formula is C15H14F2N2O. The van der Waals surface area contributed by atoms with Crippen LogP contribution in [0.4, 0.5) is 20.2 Å². The third-order valence-corrected chi connectivity index (χ3v) is 2.94. The Hall–Kier alpha value is -2.43. The maximum Gasteiger partial charge on any atom is 0.261 e. The summed E-state index contributed by atoms with van der Waals surface area (Å²) in [6.07, 6.45) is 0.796. The van der Waals surface area contributed by atoms with E-state index in [4.69, 9.17) is 5.73 Å². The van der Waals surface area contributed by atoms with Gasteiger partial charge in [-0.25, -0.2) is 8.78 Å². The number of carbonyl (C=O) groups is 1. The highest BCUT2D eigenvalue weighted by atomic mass is 19.1. The molecule has 5 heteroatoms. The minimum Gasteiger partial charge on any atom is -0.396 e. The number of carbonyl (C=O) groups excluding carboxylic acids is 1. The largest absolute Gasteiger partial charge is 0.396 e. The van der Waals surface area contributed by atoms with E-state index in [0.717, 1.165) is 24.1 Å². The molecule has 0 aliphatic heterocycles. The topological polar surface area (TPSA) is 55.1 Å². The molecule has 0 radical (unpaired) electrons. The van der Waals surface area contributed by atoms with Crippen LogP contribution in [0, 0.1) is 11.6 Å². The number of nitrogens with one attached hydrogen (secondary N) is 1. The molecule has 0 saturated carbocycles. The van der Waals surface area contributed by atoms with E-state index in [0.29, 0.717) is 5.69 Å². The SMILES string of the molecule is CCc1cccc(NC(=O)c2c(F)ccc(N)c2F)c1. The Balaban J connectivity index is 2.31. The molecule has 1 amide bonds. The summed E-state index contributed by atoms with van der Waals surface area (Å²) in [5.41, 5.74) is 5.90. The first-order valence-electron chi connectivity index (χ1n) is 6.16. The molecule has 0 bridgehead atoms. The van der Waals surface area contributed by atoms with Crippen LogP contribution in [-0.4, -0.2) is 5.91 Å². The number of hydrogen-bond acceptors (Lipinski definition) is 2. The zero-order chi connectivity index (χ0) is 14.7. The maximum atomic E-state index is 13.7. The Bertz CT molecular complexity index is 656. The molecule has 0 heterocycles. The fraction of sp³-hybridized carbons (Fsp3) is 0.133. The smallest absolute Gasteiger partial charge is 0.261 e. The summed E-state index contributed by atoms with van der Waals surface area (Å²) in [4.78, 5) is 12.0. The molecule has 3 N–H and O–H groups in total. The van der Waals surface area contributed by atoms with E-state index < -0.39 is 23.1 Å². The Kier molecular flexibility index (Phi) is 3.98. The van der Waals surface area contributed by atoms with Crippen LogP contribution in [0.15, 0.2) is 36.4 Å². The van der Waals surface area contributed by atoms with Crippen molar-refractivity contribution in [2.45, 2.75) is 13.3 Å². The van der Waals surface area contributed by atoms with Crippen molar-refractivity contribution in [3.8, 4) is 0 Å². The summed E-state index contributed by atoms with van der Waals surface area (Å²) in [5, 5.41) is 2.47. The Labute approximate surface area is 115 Å². The first-order chi connectivity index (χ1) is 9.52. The van der Waals surface area contributed by atoms with Crippen molar-refractivity contribution in [1.82, 2.24) is 0 Å². The number of hydrogen-bond donors (Lipinski definition) is 2. The number of rotatable bonds is 3. The molecule has 0 aromatic heterocycles. The minimum atomic E-state index is -1.05. The Morgan fingerprint density at radius 2 is 2.00 bits per heavy atom. The van der Waals surface area contributed by atoms with Gasteiger partial charge in [0.05, 0.1) is 5.69 Å². The van der Waals surface area contributed by atoms with Gasteiger partial charge >= 0.3 is 0 Å². The number of amides is 1. The lowest BCUT2D eigenvalue weighted by Crippen LogP contribution is -2.17. The van der Waals surface area contributed by atoms with Crippen LogP contribution in [0.2, 0.25) is 0 Å². The average Bonchev–Trinajstić information content (AvgIpc) is 2.43. The highest BCUT2D eigenvalue weighted by Crippen LogP contribution is 2.20. The second-order valence-corrected chi connectivity index (χ2v) is 4.33. The number of halogens is 2. The fourth-order valence-electron chi connectivity index (χ4n) is 1.84. The minimum absolute atomic E-state index is 0.265. The standard InChI is InChI=1S/C15H14F2N2O/c1-2-9-4-3-5-10(8-9)19-15(20)13-11(16)6-7-12(18)14(13)17/h3-8H,2,18H2,1H3,(H,19,20). The summed E-state index contributed by atoms with van der Waals surface area (Å²) in [5.74, 6) is -2.85. The van der Waals surface area contributed by atoms with Gasteiger partial charge in [-0.3, -0.25) is 4.79 Å². The highest BCUT2D eigenvalue weighted by molar-refractivity contribution is 6.05. The summed E-state index contributed by atoms with van der Waals surface area (Å²) < 4.78 is 27.3. The first-order valence-corrected chi connectivity index (χ1v) is 6.16. The Morgan fingerprint density at radius 3 is 2.70 bits per heavy atom. The van der Waals surface area contributed by atoms with Gasteiger partial charge < -0.3 is 11.1 Å². The molecule has 0 unspecified atom stereocenters. The second kappa shape index (κ2) is 5.69. The molecule has 0 atom stereocenters. The lowest BCUT2D eigenvalue weighted by molar-refractivity contribution is 0.101. The van der Waals surface area contributed by atoms with Crippen molar-refractivity contribution in [3.05, 3.63) is 59.2 Å². The Morgan fingerprint density at radius 1 is 1.25 bits per heavy atom. The third-order valence-electron chi connectivity index (χ3n) is 2.94. The molecule has 2 aromatic rings. The van der Waals surface area contributed by atoms with Crippen molar-refractivity contribution in [2.75, 3.05) is 11.1 Å². The summed E-state index contributed by atoms with van der Waals surface area (Å²) in [6.45, 7) is 1.97. The van der Waals surface area contributed by atoms with Crippen molar-refractivity contribution < 1.29 is 13.6 Å². The molecule has 20 heavy (non-hydrogen) atoms. The van der Waals surface area contributed by atoms with E-state index in [9.17, 15) is 13.6 Å². The number of benzene rings is 2. The molecule has 0 spiro atoms. The van der Waals surface area contributed by atoms with Gasteiger partial charge in [-0.15, -0.1) is 0 Å². The zero-order valence-electron chi connectivity index (χ0n) is 10.9. The summed E-state index contributed by atoms with van der Waals surface area (Å²) in [6, 6.07) is 9.12. The average molecular weight is 276 g/mol. The molecule has 0 fully saturated rings. The molecule has 2 aromatic carbocycles. The molecule has 0 aliphatic rings. The van der Waals surface area contributed by atoms with Crippen LogP contribution in [0.1, 0.15) is 22.8 Å². The quantitative estimate of drug-likeness (QED) is 0.844. The predicted molar refractivity (Wildman–Crippen MR) is 74.5 cm³/mol. The number of aryl methyl sites for hydroxylation is 1. The zero-order valence-corrected chi connectivity index (χ0v) is 10.9. The molecule has 3 nitrogen and oxygen atoms in total. The lowest BCUT2D eigenvalue weighted by Gasteiger charge is -2.09. The first kappa shape index (κ1) is 14.0. The van der Waals surface area contributed by atoms with Crippen LogP contribution < -0.4 is 11.1 Å². The van der Waals surface area contributed by atoms with Crippen LogP contribution in [-0.2, 0) is 6.42 Å². The second-order valence-electron chi connectivity index (χ2n) is 4.33. The van der Waals surface area contributed by atoms with E-state index in [2.05, 4.69) is 5.32 Å². The van der Waals surface area contributed by atoms with Crippen LogP contribution >= 0.6 is 0 Å². The third kappa shape index (κ3) is 2.77.